The number of carbonyl (C=O) groups excluding carboxylic acids is 1. The van der Waals surface area contributed by atoms with E-state index in [2.05, 4.69) is 56.1 Å². The third-order valence-electron chi connectivity index (χ3n) is 5.13. The molecule has 5 heteroatoms. The van der Waals surface area contributed by atoms with E-state index in [9.17, 15) is 4.79 Å². The SMILES string of the molecule is Cc1cccc(C2NC3=C(CN(C(=O)CN(C)C(C)C)C3)S2)c1C. The van der Waals surface area contributed by atoms with Crippen LogP contribution in [-0.2, 0) is 4.79 Å². The van der Waals surface area contributed by atoms with Crippen LogP contribution in [0.5, 0.6) is 0 Å². The van der Waals surface area contributed by atoms with Gasteiger partial charge in [-0.05, 0) is 51.4 Å². The van der Waals surface area contributed by atoms with Crippen LogP contribution in [0.15, 0.2) is 28.8 Å². The number of nitrogens with zero attached hydrogens (tertiary/aromatic N) is 2. The molecular weight excluding hydrogens is 318 g/mol. The number of hydrogen-bond donors (Lipinski definition) is 1. The smallest absolute Gasteiger partial charge is 0.237 e. The Kier molecular flexibility index (Phi) is 4.92. The normalized spacial score (nSPS) is 20.1. The number of carbonyl (C=O) groups is 1. The summed E-state index contributed by atoms with van der Waals surface area (Å²) >= 11 is 1.86. The van der Waals surface area contributed by atoms with Gasteiger partial charge in [0, 0.05) is 16.6 Å². The van der Waals surface area contributed by atoms with Gasteiger partial charge >= 0.3 is 0 Å². The molecule has 1 atom stereocenters. The van der Waals surface area contributed by atoms with Crippen molar-refractivity contribution in [3.63, 3.8) is 0 Å². The van der Waals surface area contributed by atoms with Crippen LogP contribution in [0.1, 0.15) is 35.9 Å². The molecule has 2 heterocycles. The molecule has 0 saturated heterocycles. The van der Waals surface area contributed by atoms with Gasteiger partial charge in [0.1, 0.15) is 5.37 Å². The van der Waals surface area contributed by atoms with E-state index in [4.69, 9.17) is 0 Å². The van der Waals surface area contributed by atoms with Gasteiger partial charge in [-0.25, -0.2) is 0 Å². The van der Waals surface area contributed by atoms with Crippen molar-refractivity contribution in [3.8, 4) is 0 Å². The molecule has 0 bridgehead atoms. The first-order valence-electron chi connectivity index (χ1n) is 8.56. The second kappa shape index (κ2) is 6.81. The fraction of sp³-hybridized carbons (Fsp3) is 0.526. The van der Waals surface area contributed by atoms with Crippen molar-refractivity contribution in [3.05, 3.63) is 45.5 Å². The maximum Gasteiger partial charge on any atom is 0.237 e. The highest BCUT2D eigenvalue weighted by Gasteiger charge is 2.35. The van der Waals surface area contributed by atoms with Gasteiger partial charge in [0.2, 0.25) is 5.91 Å². The second-order valence-electron chi connectivity index (χ2n) is 7.09. The highest BCUT2D eigenvalue weighted by Crippen LogP contribution is 2.44. The number of rotatable bonds is 4. The topological polar surface area (TPSA) is 35.6 Å². The van der Waals surface area contributed by atoms with Crippen molar-refractivity contribution < 1.29 is 4.79 Å². The monoisotopic (exact) mass is 345 g/mol. The summed E-state index contributed by atoms with van der Waals surface area (Å²) in [5.41, 5.74) is 5.27. The van der Waals surface area contributed by atoms with Gasteiger partial charge in [-0.1, -0.05) is 30.0 Å². The van der Waals surface area contributed by atoms with Gasteiger partial charge in [-0.3, -0.25) is 9.69 Å². The zero-order valence-corrected chi connectivity index (χ0v) is 16.0. The molecule has 1 N–H and O–H groups in total. The Balaban J connectivity index is 1.61. The highest BCUT2D eigenvalue weighted by molar-refractivity contribution is 8.03. The molecule has 3 rings (SSSR count). The average Bonchev–Trinajstić information content (AvgIpc) is 3.08. The van der Waals surface area contributed by atoms with Crippen LogP contribution < -0.4 is 5.32 Å². The molecule has 0 radical (unpaired) electrons. The summed E-state index contributed by atoms with van der Waals surface area (Å²) in [6, 6.07) is 6.87. The lowest BCUT2D eigenvalue weighted by Crippen LogP contribution is -2.41. The van der Waals surface area contributed by atoms with Crippen molar-refractivity contribution in [1.29, 1.82) is 0 Å². The van der Waals surface area contributed by atoms with E-state index >= 15 is 0 Å². The lowest BCUT2D eigenvalue weighted by Gasteiger charge is -2.26. The van der Waals surface area contributed by atoms with Crippen LogP contribution in [-0.4, -0.2) is 48.4 Å². The molecule has 1 unspecified atom stereocenters. The summed E-state index contributed by atoms with van der Waals surface area (Å²) in [6.07, 6.45) is 0. The molecule has 0 aromatic heterocycles. The fourth-order valence-electron chi connectivity index (χ4n) is 3.04. The minimum atomic E-state index is 0.214. The van der Waals surface area contributed by atoms with Crippen molar-refractivity contribution in [2.45, 2.75) is 39.1 Å². The standard InChI is InChI=1S/C19H27N3OS/c1-12(2)21(5)11-18(23)22-9-16-17(10-22)24-19(20-16)15-8-6-7-13(3)14(15)4/h6-8,12,19-20H,9-11H2,1-5H3. The molecule has 4 nitrogen and oxygen atoms in total. The van der Waals surface area contributed by atoms with Crippen molar-refractivity contribution in [1.82, 2.24) is 15.1 Å². The van der Waals surface area contributed by atoms with Gasteiger partial charge in [0.05, 0.1) is 19.6 Å². The summed E-state index contributed by atoms with van der Waals surface area (Å²) in [7, 11) is 2.00. The minimum absolute atomic E-state index is 0.214. The van der Waals surface area contributed by atoms with Crippen LogP contribution in [0.25, 0.3) is 0 Å². The van der Waals surface area contributed by atoms with E-state index in [0.717, 1.165) is 6.54 Å². The van der Waals surface area contributed by atoms with Gasteiger partial charge in [0.15, 0.2) is 0 Å². The molecule has 1 aromatic rings. The molecule has 130 valence electrons. The highest BCUT2D eigenvalue weighted by atomic mass is 32.2. The zero-order valence-electron chi connectivity index (χ0n) is 15.2. The predicted molar refractivity (Wildman–Crippen MR) is 101 cm³/mol. The molecule has 0 saturated carbocycles. The first-order valence-corrected chi connectivity index (χ1v) is 9.44. The first kappa shape index (κ1) is 17.4. The minimum Gasteiger partial charge on any atom is -0.370 e. The molecule has 1 amide bonds. The van der Waals surface area contributed by atoms with Gasteiger partial charge in [-0.15, -0.1) is 0 Å². The fourth-order valence-corrected chi connectivity index (χ4v) is 4.40. The van der Waals surface area contributed by atoms with E-state index in [1.54, 1.807) is 0 Å². The van der Waals surface area contributed by atoms with Crippen molar-refractivity contribution >= 4 is 17.7 Å². The van der Waals surface area contributed by atoms with Crippen LogP contribution in [0.3, 0.4) is 0 Å². The Morgan fingerprint density at radius 1 is 1.38 bits per heavy atom. The largest absolute Gasteiger partial charge is 0.370 e. The Morgan fingerprint density at radius 2 is 2.12 bits per heavy atom. The second-order valence-corrected chi connectivity index (χ2v) is 8.29. The molecule has 0 spiro atoms. The first-order chi connectivity index (χ1) is 11.4. The number of amides is 1. The lowest BCUT2D eigenvalue weighted by molar-refractivity contribution is -0.131. The Morgan fingerprint density at radius 3 is 2.79 bits per heavy atom. The maximum atomic E-state index is 12.5. The quantitative estimate of drug-likeness (QED) is 0.910. The predicted octanol–water partition coefficient (Wildman–Crippen LogP) is 3.03. The Hall–Kier alpha value is -1.46. The van der Waals surface area contributed by atoms with Crippen LogP contribution in [0, 0.1) is 13.8 Å². The summed E-state index contributed by atoms with van der Waals surface area (Å²) < 4.78 is 0. The summed E-state index contributed by atoms with van der Waals surface area (Å²) in [4.78, 5) is 17.8. The number of nitrogens with one attached hydrogen (secondary N) is 1. The van der Waals surface area contributed by atoms with Crippen molar-refractivity contribution in [2.75, 3.05) is 26.7 Å². The van der Waals surface area contributed by atoms with E-state index in [0.29, 0.717) is 19.1 Å². The summed E-state index contributed by atoms with van der Waals surface area (Å²) in [6.45, 7) is 10.5. The molecule has 2 aliphatic rings. The summed E-state index contributed by atoms with van der Waals surface area (Å²) in [5.74, 6) is 0.214. The number of hydrogen-bond acceptors (Lipinski definition) is 4. The van der Waals surface area contributed by atoms with Crippen LogP contribution in [0.4, 0.5) is 0 Å². The van der Waals surface area contributed by atoms with Gasteiger partial charge in [-0.2, -0.15) is 0 Å². The Bertz CT molecular complexity index is 665. The van der Waals surface area contributed by atoms with E-state index in [1.165, 1.54) is 27.3 Å². The third-order valence-corrected chi connectivity index (χ3v) is 6.40. The maximum absolute atomic E-state index is 12.5. The number of benzene rings is 1. The molecular formula is C19H27N3OS. The zero-order chi connectivity index (χ0) is 17.4. The third kappa shape index (κ3) is 3.33. The number of aryl methyl sites for hydroxylation is 1. The average molecular weight is 346 g/mol. The molecule has 2 aliphatic heterocycles. The molecule has 1 aromatic carbocycles. The van der Waals surface area contributed by atoms with E-state index in [-0.39, 0.29) is 11.3 Å². The van der Waals surface area contributed by atoms with E-state index < -0.39 is 0 Å². The number of thioether (sulfide) groups is 1. The van der Waals surface area contributed by atoms with Crippen LogP contribution >= 0.6 is 11.8 Å². The Labute approximate surface area is 149 Å². The van der Waals surface area contributed by atoms with Gasteiger partial charge < -0.3 is 10.2 Å². The molecule has 0 fully saturated rings. The lowest BCUT2D eigenvalue weighted by atomic mass is 10.0. The van der Waals surface area contributed by atoms with E-state index in [1.807, 2.05) is 23.7 Å². The van der Waals surface area contributed by atoms with Crippen LogP contribution in [0.2, 0.25) is 0 Å². The van der Waals surface area contributed by atoms with Gasteiger partial charge in [0.25, 0.3) is 0 Å². The molecule has 24 heavy (non-hydrogen) atoms. The van der Waals surface area contributed by atoms with Crippen molar-refractivity contribution in [2.24, 2.45) is 0 Å². The summed E-state index contributed by atoms with van der Waals surface area (Å²) in [5, 5.41) is 3.92. The number of likely N-dealkylation sites (N-methyl/N-ethyl adjacent to an activating group) is 1. The molecule has 0 aliphatic carbocycles.